The highest BCUT2D eigenvalue weighted by atomic mass is 32.1. The maximum absolute atomic E-state index is 11.7. The van der Waals surface area contributed by atoms with E-state index in [0.29, 0.717) is 22.9 Å². The van der Waals surface area contributed by atoms with Gasteiger partial charge >= 0.3 is 0 Å². The van der Waals surface area contributed by atoms with Crippen LogP contribution in [0.25, 0.3) is 0 Å². The van der Waals surface area contributed by atoms with Gasteiger partial charge in [-0.15, -0.1) is 11.3 Å². The van der Waals surface area contributed by atoms with E-state index in [-0.39, 0.29) is 5.91 Å². The number of thiophene rings is 1. The molecule has 5 heteroatoms. The van der Waals surface area contributed by atoms with Gasteiger partial charge in [0.15, 0.2) is 0 Å². The normalized spacial score (nSPS) is 10.1. The van der Waals surface area contributed by atoms with Crippen molar-refractivity contribution in [3.05, 3.63) is 46.2 Å². The number of rotatable bonds is 4. The number of nitrogens with one attached hydrogen (secondary N) is 1. The third-order valence-corrected chi connectivity index (χ3v) is 3.36. The Morgan fingerprint density at radius 3 is 2.89 bits per heavy atom. The van der Waals surface area contributed by atoms with Crippen LogP contribution in [0.3, 0.4) is 0 Å². The van der Waals surface area contributed by atoms with Crippen molar-refractivity contribution in [1.82, 2.24) is 5.32 Å². The van der Waals surface area contributed by atoms with Gasteiger partial charge in [-0.1, -0.05) is 12.1 Å². The fourth-order valence-corrected chi connectivity index (χ4v) is 2.21. The zero-order chi connectivity index (χ0) is 13.0. The van der Waals surface area contributed by atoms with Crippen LogP contribution in [0.15, 0.2) is 35.7 Å². The molecule has 0 aliphatic heterocycles. The van der Waals surface area contributed by atoms with Gasteiger partial charge in [0.25, 0.3) is 5.91 Å². The van der Waals surface area contributed by atoms with Crippen molar-refractivity contribution in [1.29, 1.82) is 0 Å². The van der Waals surface area contributed by atoms with Gasteiger partial charge in [-0.25, -0.2) is 0 Å². The van der Waals surface area contributed by atoms with E-state index in [1.54, 1.807) is 25.3 Å². The number of hydrogen-bond acceptors (Lipinski definition) is 4. The maximum atomic E-state index is 11.7. The molecule has 1 aromatic heterocycles. The molecule has 0 atom stereocenters. The fourth-order valence-electron chi connectivity index (χ4n) is 1.57. The number of ether oxygens (including phenoxy) is 1. The second-order valence-corrected chi connectivity index (χ2v) is 4.68. The average molecular weight is 262 g/mol. The van der Waals surface area contributed by atoms with Crippen LogP contribution in [0.4, 0.5) is 5.69 Å². The van der Waals surface area contributed by atoms with Crippen LogP contribution in [-0.4, -0.2) is 13.0 Å². The lowest BCUT2D eigenvalue weighted by atomic mass is 10.2. The van der Waals surface area contributed by atoms with Crippen LogP contribution in [0.2, 0.25) is 0 Å². The van der Waals surface area contributed by atoms with E-state index in [9.17, 15) is 4.79 Å². The van der Waals surface area contributed by atoms with Crippen LogP contribution < -0.4 is 15.8 Å². The van der Waals surface area contributed by atoms with Crippen LogP contribution in [0.1, 0.15) is 15.2 Å². The molecule has 2 rings (SSSR count). The summed E-state index contributed by atoms with van der Waals surface area (Å²) in [5.41, 5.74) is 7.31. The van der Waals surface area contributed by atoms with Gasteiger partial charge in [0.2, 0.25) is 0 Å². The Hall–Kier alpha value is -2.01. The molecule has 0 radical (unpaired) electrons. The van der Waals surface area contributed by atoms with E-state index in [2.05, 4.69) is 5.32 Å². The van der Waals surface area contributed by atoms with E-state index in [0.717, 1.165) is 5.56 Å². The molecule has 1 aromatic carbocycles. The number of nitrogens with two attached hydrogens (primary N) is 1. The summed E-state index contributed by atoms with van der Waals surface area (Å²) in [4.78, 5) is 12.4. The molecule has 3 N–H and O–H groups in total. The van der Waals surface area contributed by atoms with Crippen molar-refractivity contribution >= 4 is 22.9 Å². The third kappa shape index (κ3) is 2.81. The topological polar surface area (TPSA) is 64.3 Å². The number of nitrogen functional groups attached to an aromatic ring is 1. The second-order valence-electron chi connectivity index (χ2n) is 3.74. The van der Waals surface area contributed by atoms with Gasteiger partial charge in [-0.05, 0) is 29.1 Å². The number of carbonyl (C=O) groups is 1. The minimum absolute atomic E-state index is 0.0700. The molecule has 0 saturated heterocycles. The van der Waals surface area contributed by atoms with E-state index in [4.69, 9.17) is 10.5 Å². The molecule has 0 aliphatic rings. The fraction of sp³-hybridized carbons (Fsp3) is 0.154. The van der Waals surface area contributed by atoms with Crippen LogP contribution in [0, 0.1) is 0 Å². The summed E-state index contributed by atoms with van der Waals surface area (Å²) in [6, 6.07) is 9.12. The molecule has 0 saturated carbocycles. The monoisotopic (exact) mass is 262 g/mol. The van der Waals surface area contributed by atoms with Gasteiger partial charge in [0.05, 0.1) is 17.7 Å². The van der Waals surface area contributed by atoms with Crippen LogP contribution in [0.5, 0.6) is 5.75 Å². The molecule has 0 spiro atoms. The van der Waals surface area contributed by atoms with Crippen LogP contribution in [-0.2, 0) is 6.54 Å². The summed E-state index contributed by atoms with van der Waals surface area (Å²) in [5.74, 6) is 0.572. The standard InChI is InChI=1S/C13H14N2O2S/c1-17-11-5-4-9(7-10(11)14)8-15-13(16)12-3-2-6-18-12/h2-7H,8,14H2,1H3,(H,15,16). The van der Waals surface area contributed by atoms with Crippen molar-refractivity contribution in [3.63, 3.8) is 0 Å². The number of benzene rings is 1. The molecular formula is C13H14N2O2S. The first-order valence-electron chi connectivity index (χ1n) is 5.45. The Kier molecular flexibility index (Phi) is 3.84. The average Bonchev–Trinajstić information content (AvgIpc) is 2.90. The molecule has 0 aliphatic carbocycles. The van der Waals surface area contributed by atoms with E-state index < -0.39 is 0 Å². The Bertz CT molecular complexity index is 538. The summed E-state index contributed by atoms with van der Waals surface area (Å²) in [6.07, 6.45) is 0. The second kappa shape index (κ2) is 5.55. The quantitative estimate of drug-likeness (QED) is 0.831. The SMILES string of the molecule is COc1ccc(CNC(=O)c2cccs2)cc1N. The Morgan fingerprint density at radius 1 is 1.44 bits per heavy atom. The third-order valence-electron chi connectivity index (χ3n) is 2.49. The summed E-state index contributed by atoms with van der Waals surface area (Å²) in [7, 11) is 1.57. The number of methoxy groups -OCH3 is 1. The van der Waals surface area contributed by atoms with Gasteiger partial charge in [0, 0.05) is 6.54 Å². The lowest BCUT2D eigenvalue weighted by molar-refractivity contribution is 0.0955. The molecule has 0 fully saturated rings. The number of amides is 1. The zero-order valence-electron chi connectivity index (χ0n) is 9.97. The predicted molar refractivity (Wildman–Crippen MR) is 72.9 cm³/mol. The van der Waals surface area contributed by atoms with Gasteiger partial charge in [0.1, 0.15) is 5.75 Å². The first-order valence-corrected chi connectivity index (χ1v) is 6.33. The summed E-state index contributed by atoms with van der Waals surface area (Å²) in [6.45, 7) is 0.449. The van der Waals surface area contributed by atoms with Crippen molar-refractivity contribution in [2.24, 2.45) is 0 Å². The van der Waals surface area contributed by atoms with E-state index in [1.807, 2.05) is 17.5 Å². The highest BCUT2D eigenvalue weighted by molar-refractivity contribution is 7.12. The highest BCUT2D eigenvalue weighted by Crippen LogP contribution is 2.21. The van der Waals surface area contributed by atoms with E-state index in [1.165, 1.54) is 11.3 Å². The van der Waals surface area contributed by atoms with E-state index >= 15 is 0 Å². The lowest BCUT2D eigenvalue weighted by Gasteiger charge is -2.08. The van der Waals surface area contributed by atoms with Crippen LogP contribution >= 0.6 is 11.3 Å². The molecular weight excluding hydrogens is 248 g/mol. The molecule has 0 unspecified atom stereocenters. The minimum atomic E-state index is -0.0700. The summed E-state index contributed by atoms with van der Waals surface area (Å²) in [5, 5.41) is 4.72. The lowest BCUT2D eigenvalue weighted by Crippen LogP contribution is -2.21. The first kappa shape index (κ1) is 12.4. The van der Waals surface area contributed by atoms with Crippen molar-refractivity contribution in [2.45, 2.75) is 6.54 Å². The largest absolute Gasteiger partial charge is 0.495 e. The van der Waals surface area contributed by atoms with Gasteiger partial charge in [-0.2, -0.15) is 0 Å². The number of carbonyl (C=O) groups excluding carboxylic acids is 1. The molecule has 2 aromatic rings. The molecule has 1 heterocycles. The molecule has 0 bridgehead atoms. The maximum Gasteiger partial charge on any atom is 0.261 e. The van der Waals surface area contributed by atoms with Crippen molar-refractivity contribution in [2.75, 3.05) is 12.8 Å². The number of hydrogen-bond donors (Lipinski definition) is 2. The zero-order valence-corrected chi connectivity index (χ0v) is 10.8. The minimum Gasteiger partial charge on any atom is -0.495 e. The Morgan fingerprint density at radius 2 is 2.28 bits per heavy atom. The first-order chi connectivity index (χ1) is 8.70. The highest BCUT2D eigenvalue weighted by Gasteiger charge is 2.06. The van der Waals surface area contributed by atoms with Crippen molar-refractivity contribution in [3.8, 4) is 5.75 Å². The predicted octanol–water partition coefficient (Wildman–Crippen LogP) is 2.27. The summed E-state index contributed by atoms with van der Waals surface area (Å²) < 4.78 is 5.07. The molecule has 4 nitrogen and oxygen atoms in total. The van der Waals surface area contributed by atoms with Gasteiger partial charge < -0.3 is 15.8 Å². The Balaban J connectivity index is 1.98. The molecule has 18 heavy (non-hydrogen) atoms. The molecule has 94 valence electrons. The van der Waals surface area contributed by atoms with Crippen molar-refractivity contribution < 1.29 is 9.53 Å². The summed E-state index contributed by atoms with van der Waals surface area (Å²) >= 11 is 1.42. The number of anilines is 1. The van der Waals surface area contributed by atoms with Gasteiger partial charge in [-0.3, -0.25) is 4.79 Å². The Labute approximate surface area is 109 Å². The molecule has 1 amide bonds. The smallest absolute Gasteiger partial charge is 0.261 e.